The molecular formula is C21H26N6O2. The van der Waals surface area contributed by atoms with E-state index >= 15 is 0 Å². The highest BCUT2D eigenvalue weighted by Gasteiger charge is 2.25. The van der Waals surface area contributed by atoms with Crippen molar-refractivity contribution in [3.8, 4) is 0 Å². The molecule has 0 radical (unpaired) electrons. The number of anilines is 1. The number of hydrogen-bond donors (Lipinski definition) is 2. The van der Waals surface area contributed by atoms with Gasteiger partial charge in [-0.1, -0.05) is 30.3 Å². The number of rotatable bonds is 7. The molecule has 1 fully saturated rings. The van der Waals surface area contributed by atoms with Crippen LogP contribution in [0.4, 0.5) is 5.82 Å². The number of benzene rings is 1. The van der Waals surface area contributed by atoms with Gasteiger partial charge in [0, 0.05) is 44.7 Å². The molecule has 152 valence electrons. The van der Waals surface area contributed by atoms with Crippen LogP contribution in [0.15, 0.2) is 54.9 Å². The number of carbonyl (C=O) groups excluding carboxylic acids is 1. The fourth-order valence-corrected chi connectivity index (χ4v) is 3.85. The molecular weight excluding hydrogens is 368 g/mol. The number of nitrogens with one attached hydrogen (secondary N) is 2. The number of aromatic nitrogens is 4. The highest BCUT2D eigenvalue weighted by atomic mass is 16.5. The Labute approximate surface area is 169 Å². The molecule has 1 atom stereocenters. The van der Waals surface area contributed by atoms with E-state index < -0.39 is 6.10 Å². The largest absolute Gasteiger partial charge is 0.367 e. The van der Waals surface area contributed by atoms with Gasteiger partial charge in [-0.15, -0.1) is 0 Å². The number of H-pyrrole nitrogens is 1. The van der Waals surface area contributed by atoms with E-state index in [2.05, 4.69) is 25.5 Å². The zero-order valence-corrected chi connectivity index (χ0v) is 16.5. The Morgan fingerprint density at radius 1 is 1.21 bits per heavy atom. The summed E-state index contributed by atoms with van der Waals surface area (Å²) < 4.78 is 7.37. The van der Waals surface area contributed by atoms with E-state index in [9.17, 15) is 4.79 Å². The zero-order chi connectivity index (χ0) is 20.1. The first-order valence-corrected chi connectivity index (χ1v) is 9.87. The van der Waals surface area contributed by atoms with Crippen molar-refractivity contribution >= 4 is 11.7 Å². The number of ether oxygens (including phenoxy) is 1. The van der Waals surface area contributed by atoms with Crippen molar-refractivity contribution in [3.05, 3.63) is 66.1 Å². The summed E-state index contributed by atoms with van der Waals surface area (Å²) in [7, 11) is 1.55. The molecule has 1 aromatic carbocycles. The summed E-state index contributed by atoms with van der Waals surface area (Å²) >= 11 is 0. The Morgan fingerprint density at radius 3 is 2.69 bits per heavy atom. The van der Waals surface area contributed by atoms with E-state index in [1.54, 1.807) is 19.5 Å². The molecule has 29 heavy (non-hydrogen) atoms. The fraction of sp³-hybridized carbons (Fsp3) is 0.381. The van der Waals surface area contributed by atoms with Gasteiger partial charge in [0.05, 0.1) is 12.2 Å². The van der Waals surface area contributed by atoms with E-state index in [0.29, 0.717) is 5.82 Å². The van der Waals surface area contributed by atoms with Crippen LogP contribution in [0.2, 0.25) is 0 Å². The second kappa shape index (κ2) is 9.02. The van der Waals surface area contributed by atoms with E-state index in [1.807, 2.05) is 47.1 Å². The second-order valence-electron chi connectivity index (χ2n) is 7.27. The number of amides is 1. The van der Waals surface area contributed by atoms with Crippen molar-refractivity contribution < 1.29 is 9.53 Å². The molecule has 3 aromatic rings. The Hall–Kier alpha value is -2.97. The van der Waals surface area contributed by atoms with Crippen LogP contribution in [-0.2, 0) is 16.1 Å². The maximum Gasteiger partial charge on any atom is 0.259 e. The molecule has 0 spiro atoms. The van der Waals surface area contributed by atoms with E-state index in [4.69, 9.17) is 4.74 Å². The number of piperidine rings is 1. The average molecular weight is 394 g/mol. The summed E-state index contributed by atoms with van der Waals surface area (Å²) in [5.74, 6) is 0.511. The van der Waals surface area contributed by atoms with Crippen LogP contribution >= 0.6 is 0 Å². The molecule has 0 saturated carbocycles. The third kappa shape index (κ3) is 4.55. The first kappa shape index (κ1) is 19.4. The molecule has 4 rings (SSSR count). The van der Waals surface area contributed by atoms with Gasteiger partial charge in [0.15, 0.2) is 6.10 Å². The van der Waals surface area contributed by atoms with Crippen molar-refractivity contribution in [3.63, 3.8) is 0 Å². The maximum atomic E-state index is 12.8. The summed E-state index contributed by atoms with van der Waals surface area (Å²) in [6.07, 6.45) is 4.81. The number of aromatic amines is 1. The van der Waals surface area contributed by atoms with Gasteiger partial charge in [-0.25, -0.2) is 4.68 Å². The number of hydrogen-bond acceptors (Lipinski definition) is 5. The topological polar surface area (TPSA) is 88.1 Å². The Bertz CT molecular complexity index is 900. The highest BCUT2D eigenvalue weighted by molar-refractivity contribution is 5.94. The normalized spacial score (nSPS) is 16.6. The van der Waals surface area contributed by atoms with Crippen LogP contribution in [-0.4, -0.2) is 51.0 Å². The Balaban J connectivity index is 1.38. The van der Waals surface area contributed by atoms with Crippen molar-refractivity contribution in [1.29, 1.82) is 0 Å². The van der Waals surface area contributed by atoms with Gasteiger partial charge >= 0.3 is 0 Å². The predicted octanol–water partition coefficient (Wildman–Crippen LogP) is 2.77. The molecule has 1 aliphatic heterocycles. The van der Waals surface area contributed by atoms with Crippen LogP contribution in [0.1, 0.15) is 36.2 Å². The van der Waals surface area contributed by atoms with E-state index in [1.165, 1.54) is 0 Å². The van der Waals surface area contributed by atoms with Gasteiger partial charge in [-0.3, -0.25) is 14.8 Å². The highest BCUT2D eigenvalue weighted by Crippen LogP contribution is 2.27. The SMILES string of the molecule is COC(C(=O)Nc1ccnn1C1CCN(Cc2ccn[nH]2)CC1)c1ccccc1. The number of likely N-dealkylation sites (tertiary alicyclic amines) is 1. The van der Waals surface area contributed by atoms with Crippen molar-refractivity contribution in [2.24, 2.45) is 0 Å². The van der Waals surface area contributed by atoms with Gasteiger partial charge in [0.1, 0.15) is 5.82 Å². The minimum atomic E-state index is -0.657. The summed E-state index contributed by atoms with van der Waals surface area (Å²) in [5.41, 5.74) is 1.95. The smallest absolute Gasteiger partial charge is 0.259 e. The molecule has 1 unspecified atom stereocenters. The van der Waals surface area contributed by atoms with Crippen LogP contribution in [0, 0.1) is 0 Å². The van der Waals surface area contributed by atoms with Gasteiger partial charge < -0.3 is 10.1 Å². The minimum absolute atomic E-state index is 0.197. The number of methoxy groups -OCH3 is 1. The zero-order valence-electron chi connectivity index (χ0n) is 16.5. The van der Waals surface area contributed by atoms with Crippen LogP contribution in [0.25, 0.3) is 0 Å². The monoisotopic (exact) mass is 394 g/mol. The third-order valence-corrected chi connectivity index (χ3v) is 5.35. The molecule has 3 heterocycles. The molecule has 1 amide bonds. The molecule has 0 bridgehead atoms. The average Bonchev–Trinajstić information content (AvgIpc) is 3.42. The Kier molecular flexibility index (Phi) is 6.02. The van der Waals surface area contributed by atoms with Gasteiger partial charge in [0.2, 0.25) is 0 Å². The standard InChI is InChI=1S/C21H26N6O2/c1-29-20(16-5-3-2-4-6-16)21(28)24-19-8-12-23-27(19)18-9-13-26(14-10-18)15-17-7-11-22-25-17/h2-8,11-12,18,20H,9-10,13-15H2,1H3,(H,22,25)(H,24,28). The molecule has 0 aliphatic carbocycles. The summed E-state index contributed by atoms with van der Waals surface area (Å²) in [6, 6.07) is 13.6. The predicted molar refractivity (Wildman–Crippen MR) is 109 cm³/mol. The van der Waals surface area contributed by atoms with Crippen LogP contribution < -0.4 is 5.32 Å². The van der Waals surface area contributed by atoms with Crippen LogP contribution in [0.5, 0.6) is 0 Å². The van der Waals surface area contributed by atoms with Crippen molar-refractivity contribution in [2.45, 2.75) is 31.5 Å². The first-order valence-electron chi connectivity index (χ1n) is 9.87. The maximum absolute atomic E-state index is 12.8. The molecule has 8 nitrogen and oxygen atoms in total. The second-order valence-corrected chi connectivity index (χ2v) is 7.27. The molecule has 2 aromatic heterocycles. The summed E-state index contributed by atoms with van der Waals surface area (Å²) in [6.45, 7) is 2.82. The first-order chi connectivity index (χ1) is 14.2. The van der Waals surface area contributed by atoms with Gasteiger partial charge in [-0.2, -0.15) is 10.2 Å². The summed E-state index contributed by atoms with van der Waals surface area (Å²) in [5, 5.41) is 14.5. The number of carbonyl (C=O) groups is 1. The lowest BCUT2D eigenvalue weighted by molar-refractivity contribution is -0.126. The van der Waals surface area contributed by atoms with Gasteiger partial charge in [0.25, 0.3) is 5.91 Å². The lowest BCUT2D eigenvalue weighted by atomic mass is 10.0. The van der Waals surface area contributed by atoms with Crippen molar-refractivity contribution in [2.75, 3.05) is 25.5 Å². The third-order valence-electron chi connectivity index (χ3n) is 5.35. The van der Waals surface area contributed by atoms with E-state index in [-0.39, 0.29) is 11.9 Å². The minimum Gasteiger partial charge on any atom is -0.367 e. The molecule has 1 aliphatic rings. The van der Waals surface area contributed by atoms with Crippen molar-refractivity contribution in [1.82, 2.24) is 24.9 Å². The quantitative estimate of drug-likeness (QED) is 0.643. The molecule has 1 saturated heterocycles. The molecule has 2 N–H and O–H groups in total. The van der Waals surface area contributed by atoms with Gasteiger partial charge in [-0.05, 0) is 24.5 Å². The molecule has 8 heteroatoms. The van der Waals surface area contributed by atoms with E-state index in [0.717, 1.165) is 43.7 Å². The van der Waals surface area contributed by atoms with Crippen LogP contribution in [0.3, 0.4) is 0 Å². The lowest BCUT2D eigenvalue weighted by Gasteiger charge is -2.32. The summed E-state index contributed by atoms with van der Waals surface area (Å²) in [4.78, 5) is 15.2. The number of nitrogens with zero attached hydrogens (tertiary/aromatic N) is 4. The lowest BCUT2D eigenvalue weighted by Crippen LogP contribution is -2.35. The Morgan fingerprint density at radius 2 is 2.00 bits per heavy atom. The fourth-order valence-electron chi connectivity index (χ4n) is 3.85.